The Bertz CT molecular complexity index is 658. The van der Waals surface area contributed by atoms with Gasteiger partial charge in [-0.15, -0.1) is 11.3 Å². The number of nitrogens with zero attached hydrogens (tertiary/aromatic N) is 1. The molecular weight excluding hydrogens is 326 g/mol. The molecule has 1 heterocycles. The predicted molar refractivity (Wildman–Crippen MR) is 84.8 cm³/mol. The number of hydrogen-bond donors (Lipinski definition) is 2. The quantitative estimate of drug-likeness (QED) is 0.788. The molecule has 0 unspecified atom stereocenters. The Morgan fingerprint density at radius 1 is 1.18 bits per heavy atom. The Kier molecular flexibility index (Phi) is 5.74. The first kappa shape index (κ1) is 16.3. The average molecular weight is 340 g/mol. The standard InChI is InChI=1S/C14H14ClN3O3S/c1-21-10-4-2-9(3-5-10)13(19)16-6-7-17-14(20)11-12(15)18-8-22-11/h2-5,8H,6-7H2,1H3,(H,16,19)(H,17,20). The number of carbonyl (C=O) groups excluding carboxylic acids is 2. The van der Waals surface area contributed by atoms with Gasteiger partial charge in [-0.1, -0.05) is 11.6 Å². The van der Waals surface area contributed by atoms with Gasteiger partial charge in [-0.2, -0.15) is 0 Å². The van der Waals surface area contributed by atoms with Gasteiger partial charge >= 0.3 is 0 Å². The minimum absolute atomic E-state index is 0.185. The van der Waals surface area contributed by atoms with Gasteiger partial charge < -0.3 is 15.4 Å². The summed E-state index contributed by atoms with van der Waals surface area (Å²) < 4.78 is 5.02. The highest BCUT2D eigenvalue weighted by atomic mass is 35.5. The van der Waals surface area contributed by atoms with Crippen LogP contribution in [-0.4, -0.2) is 37.0 Å². The molecular formula is C14H14ClN3O3S. The predicted octanol–water partition coefficient (Wildman–Crippen LogP) is 1.96. The van der Waals surface area contributed by atoms with Gasteiger partial charge in [0, 0.05) is 18.7 Å². The van der Waals surface area contributed by atoms with Crippen LogP contribution in [0.1, 0.15) is 20.0 Å². The minimum Gasteiger partial charge on any atom is -0.497 e. The zero-order valence-corrected chi connectivity index (χ0v) is 13.3. The number of amides is 2. The van der Waals surface area contributed by atoms with Crippen molar-refractivity contribution >= 4 is 34.8 Å². The number of rotatable bonds is 6. The van der Waals surface area contributed by atoms with Crippen LogP contribution in [0, 0.1) is 0 Å². The van der Waals surface area contributed by atoms with Crippen molar-refractivity contribution < 1.29 is 14.3 Å². The lowest BCUT2D eigenvalue weighted by atomic mass is 10.2. The first-order valence-electron chi connectivity index (χ1n) is 6.41. The van der Waals surface area contributed by atoms with Gasteiger partial charge in [0.2, 0.25) is 0 Å². The Morgan fingerprint density at radius 2 is 1.82 bits per heavy atom. The summed E-state index contributed by atoms with van der Waals surface area (Å²) in [6.07, 6.45) is 0. The van der Waals surface area contributed by atoms with E-state index < -0.39 is 0 Å². The van der Waals surface area contributed by atoms with Crippen molar-refractivity contribution in [2.75, 3.05) is 20.2 Å². The van der Waals surface area contributed by atoms with E-state index in [1.807, 2.05) is 0 Å². The fourth-order valence-corrected chi connectivity index (χ4v) is 2.58. The first-order valence-corrected chi connectivity index (χ1v) is 7.67. The second kappa shape index (κ2) is 7.77. The molecule has 22 heavy (non-hydrogen) atoms. The van der Waals surface area contributed by atoms with Crippen LogP contribution >= 0.6 is 22.9 Å². The number of benzene rings is 1. The summed E-state index contributed by atoms with van der Waals surface area (Å²) in [6.45, 7) is 0.613. The van der Waals surface area contributed by atoms with Crippen LogP contribution in [0.3, 0.4) is 0 Å². The third-order valence-corrected chi connectivity index (χ3v) is 4.00. The summed E-state index contributed by atoms with van der Waals surface area (Å²) in [5.74, 6) is 0.171. The SMILES string of the molecule is COc1ccc(C(=O)NCCNC(=O)c2scnc2Cl)cc1. The number of hydrogen-bond acceptors (Lipinski definition) is 5. The van der Waals surface area contributed by atoms with Crippen molar-refractivity contribution in [2.45, 2.75) is 0 Å². The second-order valence-corrected chi connectivity index (χ2v) is 5.43. The molecule has 0 fully saturated rings. The zero-order chi connectivity index (χ0) is 15.9. The van der Waals surface area contributed by atoms with Crippen LogP contribution in [-0.2, 0) is 0 Å². The second-order valence-electron chi connectivity index (χ2n) is 4.21. The Morgan fingerprint density at radius 3 is 2.36 bits per heavy atom. The van der Waals surface area contributed by atoms with Crippen molar-refractivity contribution in [1.29, 1.82) is 0 Å². The lowest BCUT2D eigenvalue weighted by Gasteiger charge is -2.07. The topological polar surface area (TPSA) is 80.3 Å². The molecule has 1 aromatic carbocycles. The maximum Gasteiger partial charge on any atom is 0.264 e. The highest BCUT2D eigenvalue weighted by Crippen LogP contribution is 2.17. The van der Waals surface area contributed by atoms with Crippen molar-refractivity contribution in [2.24, 2.45) is 0 Å². The molecule has 8 heteroatoms. The molecule has 2 rings (SSSR count). The molecule has 0 radical (unpaired) electrons. The van der Waals surface area contributed by atoms with Gasteiger partial charge in [-0.3, -0.25) is 9.59 Å². The highest BCUT2D eigenvalue weighted by molar-refractivity contribution is 7.12. The van der Waals surface area contributed by atoms with Crippen molar-refractivity contribution in [3.05, 3.63) is 45.4 Å². The molecule has 116 valence electrons. The monoisotopic (exact) mass is 339 g/mol. The van der Waals surface area contributed by atoms with E-state index >= 15 is 0 Å². The summed E-state index contributed by atoms with van der Waals surface area (Å²) >= 11 is 6.93. The van der Waals surface area contributed by atoms with Gasteiger partial charge in [0.25, 0.3) is 11.8 Å². The molecule has 2 aromatic rings. The molecule has 0 aliphatic rings. The van der Waals surface area contributed by atoms with E-state index in [-0.39, 0.29) is 17.0 Å². The number of aromatic nitrogens is 1. The number of thiazole rings is 1. The molecule has 2 N–H and O–H groups in total. The van der Waals surface area contributed by atoms with E-state index in [1.54, 1.807) is 31.4 Å². The van der Waals surface area contributed by atoms with Crippen LogP contribution in [0.4, 0.5) is 0 Å². The first-order chi connectivity index (χ1) is 10.6. The molecule has 0 saturated heterocycles. The Hall–Kier alpha value is -2.12. The molecule has 0 bridgehead atoms. The molecule has 2 amide bonds. The summed E-state index contributed by atoms with van der Waals surface area (Å²) in [5, 5.41) is 5.56. The van der Waals surface area contributed by atoms with Crippen LogP contribution < -0.4 is 15.4 Å². The van der Waals surface area contributed by atoms with Crippen LogP contribution in [0.5, 0.6) is 5.75 Å². The van der Waals surface area contributed by atoms with Crippen LogP contribution in [0.25, 0.3) is 0 Å². The smallest absolute Gasteiger partial charge is 0.264 e. The molecule has 0 aliphatic heterocycles. The third-order valence-electron chi connectivity index (χ3n) is 2.78. The fraction of sp³-hybridized carbons (Fsp3) is 0.214. The van der Waals surface area contributed by atoms with Gasteiger partial charge in [-0.05, 0) is 24.3 Å². The van der Waals surface area contributed by atoms with E-state index in [9.17, 15) is 9.59 Å². The van der Waals surface area contributed by atoms with E-state index in [2.05, 4.69) is 15.6 Å². The third kappa shape index (κ3) is 4.19. The number of ether oxygens (including phenoxy) is 1. The van der Waals surface area contributed by atoms with E-state index in [4.69, 9.17) is 16.3 Å². The van der Waals surface area contributed by atoms with Gasteiger partial charge in [0.05, 0.1) is 12.6 Å². The summed E-state index contributed by atoms with van der Waals surface area (Å²) in [7, 11) is 1.56. The maximum atomic E-state index is 11.9. The highest BCUT2D eigenvalue weighted by Gasteiger charge is 2.12. The van der Waals surface area contributed by atoms with Crippen molar-refractivity contribution in [3.8, 4) is 5.75 Å². The number of halogens is 1. The minimum atomic E-state index is -0.300. The Labute approximate surface area is 136 Å². The molecule has 0 aliphatic carbocycles. The lowest BCUT2D eigenvalue weighted by molar-refractivity contribution is 0.0929. The summed E-state index contributed by atoms with van der Waals surface area (Å²) in [5.41, 5.74) is 2.03. The molecule has 1 aromatic heterocycles. The molecule has 0 spiro atoms. The Balaban J connectivity index is 1.75. The van der Waals surface area contributed by atoms with E-state index in [0.717, 1.165) is 0 Å². The normalized spacial score (nSPS) is 10.1. The van der Waals surface area contributed by atoms with Gasteiger partial charge in [-0.25, -0.2) is 4.98 Å². The number of nitrogens with one attached hydrogen (secondary N) is 2. The number of methoxy groups -OCH3 is 1. The van der Waals surface area contributed by atoms with E-state index in [0.29, 0.717) is 29.3 Å². The average Bonchev–Trinajstić information content (AvgIpc) is 2.97. The van der Waals surface area contributed by atoms with Crippen LogP contribution in [0.15, 0.2) is 29.8 Å². The molecule has 0 saturated carbocycles. The fourth-order valence-electron chi connectivity index (χ4n) is 1.66. The largest absolute Gasteiger partial charge is 0.497 e. The maximum absolute atomic E-state index is 11.9. The summed E-state index contributed by atoms with van der Waals surface area (Å²) in [4.78, 5) is 27.8. The molecule has 0 atom stereocenters. The van der Waals surface area contributed by atoms with E-state index in [1.165, 1.54) is 16.8 Å². The molecule has 6 nitrogen and oxygen atoms in total. The zero-order valence-electron chi connectivity index (χ0n) is 11.8. The van der Waals surface area contributed by atoms with Gasteiger partial charge in [0.1, 0.15) is 10.6 Å². The summed E-state index contributed by atoms with van der Waals surface area (Å²) in [6, 6.07) is 6.76. The van der Waals surface area contributed by atoms with Crippen molar-refractivity contribution in [3.63, 3.8) is 0 Å². The van der Waals surface area contributed by atoms with Crippen LogP contribution in [0.2, 0.25) is 5.15 Å². The number of carbonyl (C=O) groups is 2. The van der Waals surface area contributed by atoms with Gasteiger partial charge in [0.15, 0.2) is 5.15 Å². The van der Waals surface area contributed by atoms with Crippen molar-refractivity contribution in [1.82, 2.24) is 15.6 Å². The lowest BCUT2D eigenvalue weighted by Crippen LogP contribution is -2.34.